The van der Waals surface area contributed by atoms with Crippen molar-refractivity contribution in [3.8, 4) is 0 Å². The average Bonchev–Trinajstić information content (AvgIpc) is 2.64. The number of likely N-dealkylation sites (N-methyl/N-ethyl adjacent to an activating group) is 1. The molecule has 0 radical (unpaired) electrons. The lowest BCUT2D eigenvalue weighted by molar-refractivity contribution is -0.137. The first kappa shape index (κ1) is 26.7. The fourth-order valence-electron chi connectivity index (χ4n) is 2.59. The molecule has 0 spiro atoms. The number of anilines is 2. The number of nitrogens with two attached hydrogens (primary N) is 2. The van der Waals surface area contributed by atoms with Crippen LogP contribution in [0.15, 0.2) is 52.3 Å². The molecule has 0 aliphatic rings. The van der Waals surface area contributed by atoms with Gasteiger partial charge in [-0.15, -0.1) is 0 Å². The van der Waals surface area contributed by atoms with Crippen LogP contribution in [0.3, 0.4) is 0 Å². The molecule has 0 aliphatic carbocycles. The zero-order valence-corrected chi connectivity index (χ0v) is 18.4. The van der Waals surface area contributed by atoms with Gasteiger partial charge in [0.1, 0.15) is 0 Å². The van der Waals surface area contributed by atoms with E-state index in [0.717, 1.165) is 18.4 Å². The molecule has 0 unspecified atom stereocenters. The van der Waals surface area contributed by atoms with Gasteiger partial charge in [0.2, 0.25) is 19.9 Å². The molecule has 13 heteroatoms. The number of hydrogen-bond donors (Lipinski definition) is 3. The fourth-order valence-corrected chi connectivity index (χ4v) is 4.09. The molecule has 0 atom stereocenters. The summed E-state index contributed by atoms with van der Waals surface area (Å²) in [5.41, 5.74) is 3.92. The number of nitrogens with zero attached hydrogens (tertiary/aromatic N) is 1. The van der Waals surface area contributed by atoms with Crippen LogP contribution in [0.5, 0.6) is 0 Å². The van der Waals surface area contributed by atoms with Crippen molar-refractivity contribution in [2.45, 2.75) is 22.9 Å². The summed E-state index contributed by atoms with van der Waals surface area (Å²) in [7, 11) is -7.39. The molecule has 2 aromatic carbocycles. The zero-order chi connectivity index (χ0) is 24.0. The van der Waals surface area contributed by atoms with Gasteiger partial charge in [0.25, 0.3) is 0 Å². The second-order valence-electron chi connectivity index (χ2n) is 6.35. The normalized spacial score (nSPS) is 12.1. The van der Waals surface area contributed by atoms with Crippen LogP contribution >= 0.6 is 0 Å². The third-order valence-corrected chi connectivity index (χ3v) is 5.69. The van der Waals surface area contributed by atoms with E-state index in [-0.39, 0.29) is 18.0 Å². The summed E-state index contributed by atoms with van der Waals surface area (Å²) in [6.45, 7) is 2.20. The zero-order valence-electron chi connectivity index (χ0n) is 16.8. The van der Waals surface area contributed by atoms with Crippen molar-refractivity contribution in [2.24, 2.45) is 5.14 Å². The van der Waals surface area contributed by atoms with Crippen LogP contribution in [0.1, 0.15) is 12.5 Å². The predicted octanol–water partition coefficient (Wildman–Crippen LogP) is 1.84. The highest BCUT2D eigenvalue weighted by Gasteiger charge is 2.35. The van der Waals surface area contributed by atoms with Gasteiger partial charge in [0, 0.05) is 18.8 Å². The highest BCUT2D eigenvalue weighted by atomic mass is 32.2. The third kappa shape index (κ3) is 7.69. The van der Waals surface area contributed by atoms with Crippen LogP contribution in [0.2, 0.25) is 0 Å². The van der Waals surface area contributed by atoms with Gasteiger partial charge >= 0.3 is 6.18 Å². The number of alkyl halides is 3. The molecule has 31 heavy (non-hydrogen) atoms. The molecule has 0 bridgehead atoms. The minimum atomic E-state index is -4.76. The number of aliphatic hydroxyl groups excluding tert-OH is 1. The van der Waals surface area contributed by atoms with Gasteiger partial charge in [-0.25, -0.2) is 22.0 Å². The first-order valence-corrected chi connectivity index (χ1v) is 12.2. The molecule has 0 aliphatic heterocycles. The molecule has 8 nitrogen and oxygen atoms in total. The van der Waals surface area contributed by atoms with E-state index < -0.39 is 42.2 Å². The van der Waals surface area contributed by atoms with E-state index in [1.54, 1.807) is 24.0 Å². The maximum absolute atomic E-state index is 13.1. The van der Waals surface area contributed by atoms with Crippen LogP contribution in [-0.2, 0) is 26.0 Å². The van der Waals surface area contributed by atoms with E-state index in [1.807, 2.05) is 0 Å². The second-order valence-corrected chi connectivity index (χ2v) is 9.93. The lowest BCUT2D eigenvalue weighted by atomic mass is 10.2. The number of primary sulfonamides is 1. The summed E-state index contributed by atoms with van der Waals surface area (Å²) < 4.78 is 84.0. The van der Waals surface area contributed by atoms with E-state index in [0.29, 0.717) is 18.3 Å². The summed E-state index contributed by atoms with van der Waals surface area (Å²) in [5.74, 6) is 0. The number of para-hydroxylation sites is 1. The van der Waals surface area contributed by atoms with Crippen LogP contribution in [0.25, 0.3) is 0 Å². The van der Waals surface area contributed by atoms with E-state index in [1.165, 1.54) is 12.1 Å². The van der Waals surface area contributed by atoms with Crippen molar-refractivity contribution in [3.63, 3.8) is 0 Å². The number of nitrogen functional groups attached to an aromatic ring is 1. The summed E-state index contributed by atoms with van der Waals surface area (Å²) in [4.78, 5) is 1.01. The Morgan fingerprint density at radius 3 is 2.10 bits per heavy atom. The van der Waals surface area contributed by atoms with Gasteiger partial charge in [0.15, 0.2) is 0 Å². The first-order valence-electron chi connectivity index (χ1n) is 8.77. The van der Waals surface area contributed by atoms with Gasteiger partial charge in [0.05, 0.1) is 33.9 Å². The minimum Gasteiger partial charge on any atom is -0.398 e. The molecular formula is C18H24F3N3O5S2. The first-order chi connectivity index (χ1) is 14.1. The SMILES string of the molecule is CCN(CCO)c1ccccc1S(=O)(=O)c1ccc(N)c(C(F)(F)F)c1.CS(N)(=O)=O. The number of hydrogen-bond acceptors (Lipinski definition) is 7. The highest BCUT2D eigenvalue weighted by Crippen LogP contribution is 2.37. The second kappa shape index (κ2) is 10.3. The Balaban J connectivity index is 0.000000861. The molecule has 174 valence electrons. The van der Waals surface area contributed by atoms with Crippen molar-refractivity contribution in [1.82, 2.24) is 0 Å². The van der Waals surface area contributed by atoms with Gasteiger partial charge < -0.3 is 15.7 Å². The Labute approximate surface area is 179 Å². The maximum atomic E-state index is 13.1. The number of sulfone groups is 1. The average molecular weight is 484 g/mol. The quantitative estimate of drug-likeness (QED) is 0.532. The van der Waals surface area contributed by atoms with Crippen molar-refractivity contribution in [3.05, 3.63) is 48.0 Å². The monoisotopic (exact) mass is 483 g/mol. The molecule has 2 aromatic rings. The number of rotatable bonds is 6. The van der Waals surface area contributed by atoms with Crippen LogP contribution in [0, 0.1) is 0 Å². The van der Waals surface area contributed by atoms with Crippen LogP contribution in [0.4, 0.5) is 24.5 Å². The van der Waals surface area contributed by atoms with E-state index in [2.05, 4.69) is 5.14 Å². The molecule has 0 saturated heterocycles. The number of halogens is 3. The highest BCUT2D eigenvalue weighted by molar-refractivity contribution is 7.91. The molecule has 0 amide bonds. The Morgan fingerprint density at radius 1 is 1.06 bits per heavy atom. The summed E-state index contributed by atoms with van der Waals surface area (Å²) in [6, 6.07) is 8.53. The Bertz CT molecular complexity index is 1100. The topological polar surface area (TPSA) is 144 Å². The summed E-state index contributed by atoms with van der Waals surface area (Å²) in [6.07, 6.45) is -3.82. The Kier molecular flexibility index (Phi) is 8.87. The van der Waals surface area contributed by atoms with Crippen molar-refractivity contribution in [2.75, 3.05) is 36.6 Å². The Hall–Kier alpha value is -2.35. The van der Waals surface area contributed by atoms with Crippen molar-refractivity contribution in [1.29, 1.82) is 0 Å². The lowest BCUT2D eigenvalue weighted by Gasteiger charge is -2.24. The minimum absolute atomic E-state index is 0.131. The van der Waals surface area contributed by atoms with Crippen LogP contribution < -0.4 is 15.8 Å². The third-order valence-electron chi connectivity index (χ3n) is 3.89. The standard InChI is InChI=1S/C17H19F3N2O3S.CH5NO2S/c1-2-22(9-10-23)15-5-3-4-6-16(15)26(24,25)12-7-8-14(21)13(11-12)17(18,19)20;1-5(2,3)4/h3-8,11,23H,2,9-10,21H2,1H3;1H3,(H2,2,3,4). The molecule has 5 N–H and O–H groups in total. The molecule has 0 aromatic heterocycles. The number of aliphatic hydroxyl groups is 1. The van der Waals surface area contributed by atoms with Gasteiger partial charge in [-0.1, -0.05) is 12.1 Å². The van der Waals surface area contributed by atoms with Gasteiger partial charge in [-0.3, -0.25) is 0 Å². The van der Waals surface area contributed by atoms with Crippen molar-refractivity contribution >= 4 is 31.2 Å². The largest absolute Gasteiger partial charge is 0.418 e. The van der Waals surface area contributed by atoms with Crippen molar-refractivity contribution < 1.29 is 35.1 Å². The number of benzene rings is 2. The Morgan fingerprint density at radius 2 is 1.61 bits per heavy atom. The van der Waals surface area contributed by atoms with E-state index in [4.69, 9.17) is 10.8 Å². The molecule has 0 heterocycles. The van der Waals surface area contributed by atoms with E-state index >= 15 is 0 Å². The summed E-state index contributed by atoms with van der Waals surface area (Å²) >= 11 is 0. The van der Waals surface area contributed by atoms with Crippen LogP contribution in [-0.4, -0.2) is 47.9 Å². The number of sulfonamides is 1. The predicted molar refractivity (Wildman–Crippen MR) is 112 cm³/mol. The maximum Gasteiger partial charge on any atom is 0.418 e. The molecule has 0 fully saturated rings. The van der Waals surface area contributed by atoms with E-state index in [9.17, 15) is 30.0 Å². The molecule has 2 rings (SSSR count). The molecular weight excluding hydrogens is 459 g/mol. The molecule has 0 saturated carbocycles. The van der Waals surface area contributed by atoms with Gasteiger partial charge in [-0.2, -0.15) is 13.2 Å². The lowest BCUT2D eigenvalue weighted by Crippen LogP contribution is -2.27. The smallest absolute Gasteiger partial charge is 0.398 e. The fraction of sp³-hybridized carbons (Fsp3) is 0.333. The van der Waals surface area contributed by atoms with Gasteiger partial charge in [-0.05, 0) is 37.3 Å². The summed E-state index contributed by atoms with van der Waals surface area (Å²) in [5, 5.41) is 13.5.